The maximum absolute atomic E-state index is 13.9. The van der Waals surface area contributed by atoms with Gasteiger partial charge in [-0.2, -0.15) is 4.98 Å². The van der Waals surface area contributed by atoms with Crippen LogP contribution in [0.25, 0.3) is 11.2 Å². The summed E-state index contributed by atoms with van der Waals surface area (Å²) in [6.45, 7) is 1.18. The lowest BCUT2D eigenvalue weighted by atomic mass is 10.2. The fourth-order valence-corrected chi connectivity index (χ4v) is 4.31. The topological polar surface area (TPSA) is 161 Å². The molecule has 2 heterocycles. The van der Waals surface area contributed by atoms with Gasteiger partial charge in [0.05, 0.1) is 39.4 Å². The summed E-state index contributed by atoms with van der Waals surface area (Å²) in [6.07, 6.45) is 1.31. The Labute approximate surface area is 193 Å². The molecule has 0 saturated heterocycles. The molecular formula is C20H25FN5O7P. The molecule has 184 valence electrons. The summed E-state index contributed by atoms with van der Waals surface area (Å²) in [5, 5.41) is 0. The Morgan fingerprint density at radius 1 is 1.29 bits per heavy atom. The molecule has 12 nitrogen and oxygen atoms in total. The minimum absolute atomic E-state index is 0.00502. The average molecular weight is 497 g/mol. The number of fused-ring (bicyclic) bond motifs is 1. The van der Waals surface area contributed by atoms with Crippen LogP contribution in [-0.4, -0.2) is 58.4 Å². The second kappa shape index (κ2) is 11.3. The van der Waals surface area contributed by atoms with Crippen LogP contribution in [0, 0.1) is 5.82 Å². The van der Waals surface area contributed by atoms with Gasteiger partial charge >= 0.3 is 7.60 Å². The SMILES string of the molecule is COc1ccc(COP(=O)(CCOCCn2cnc3c(=O)[nH]c(N)nc32)OCC(C)=O)cc1F. The van der Waals surface area contributed by atoms with Crippen molar-refractivity contribution in [3.05, 3.63) is 46.3 Å². The highest BCUT2D eigenvalue weighted by atomic mass is 31.2. The van der Waals surface area contributed by atoms with Crippen molar-refractivity contribution in [1.29, 1.82) is 0 Å². The number of nitrogens with one attached hydrogen (secondary N) is 1. The number of benzene rings is 1. The van der Waals surface area contributed by atoms with Crippen molar-refractivity contribution in [3.63, 3.8) is 0 Å². The van der Waals surface area contributed by atoms with E-state index in [1.807, 2.05) is 0 Å². The van der Waals surface area contributed by atoms with Gasteiger partial charge in [-0.25, -0.2) is 9.37 Å². The number of H-pyrrole nitrogens is 1. The summed E-state index contributed by atoms with van der Waals surface area (Å²) in [7, 11) is -2.37. The van der Waals surface area contributed by atoms with E-state index in [4.69, 9.17) is 24.3 Å². The highest BCUT2D eigenvalue weighted by Gasteiger charge is 2.25. The van der Waals surface area contributed by atoms with Crippen LogP contribution in [0.3, 0.4) is 0 Å². The molecule has 1 aromatic carbocycles. The molecule has 0 aliphatic carbocycles. The summed E-state index contributed by atoms with van der Waals surface area (Å²) in [6, 6.07) is 4.19. The minimum atomic E-state index is -3.72. The molecule has 0 aliphatic heterocycles. The number of rotatable bonds is 13. The highest BCUT2D eigenvalue weighted by Crippen LogP contribution is 2.48. The number of aromatic nitrogens is 4. The van der Waals surface area contributed by atoms with E-state index >= 15 is 0 Å². The zero-order valence-corrected chi connectivity index (χ0v) is 19.5. The number of nitrogen functional groups attached to an aromatic ring is 1. The van der Waals surface area contributed by atoms with Gasteiger partial charge in [0.1, 0.15) is 6.61 Å². The van der Waals surface area contributed by atoms with Crippen LogP contribution in [-0.2, 0) is 36.3 Å². The van der Waals surface area contributed by atoms with E-state index in [0.717, 1.165) is 0 Å². The number of aromatic amines is 1. The zero-order chi connectivity index (χ0) is 24.7. The summed E-state index contributed by atoms with van der Waals surface area (Å²) in [5.74, 6) is -0.871. The Balaban J connectivity index is 1.55. The minimum Gasteiger partial charge on any atom is -0.494 e. The molecule has 0 fully saturated rings. The Kier molecular flexibility index (Phi) is 8.51. The van der Waals surface area contributed by atoms with Crippen molar-refractivity contribution >= 4 is 30.5 Å². The Bertz CT molecular complexity index is 1260. The largest absolute Gasteiger partial charge is 0.494 e. The number of methoxy groups -OCH3 is 1. The third kappa shape index (κ3) is 6.70. The molecule has 2 aromatic heterocycles. The maximum atomic E-state index is 13.9. The monoisotopic (exact) mass is 497 g/mol. The summed E-state index contributed by atoms with van der Waals surface area (Å²) in [4.78, 5) is 33.6. The first-order valence-corrected chi connectivity index (χ1v) is 11.9. The molecule has 3 N–H and O–H groups in total. The van der Waals surface area contributed by atoms with Crippen molar-refractivity contribution in [1.82, 2.24) is 19.5 Å². The van der Waals surface area contributed by atoms with Crippen LogP contribution in [0.2, 0.25) is 0 Å². The standard InChI is InChI=1S/C20H25FN5O7P/c1-13(27)10-32-34(29,33-11-14-3-4-16(30-2)15(21)9-14)8-7-31-6-5-26-12-23-17-18(26)24-20(22)25-19(17)28/h3-4,9,12H,5-8,10-11H2,1-2H3,(H3,22,24,25,28). The normalized spacial score (nSPS) is 13.1. The van der Waals surface area contributed by atoms with Crippen molar-refractivity contribution in [2.75, 3.05) is 38.8 Å². The molecule has 1 unspecified atom stereocenters. The number of nitrogens with two attached hydrogens (primary N) is 1. The number of carbonyl (C=O) groups excluding carboxylic acids is 1. The first kappa shape index (κ1) is 25.5. The smallest absolute Gasteiger partial charge is 0.333 e. The average Bonchev–Trinajstić information content (AvgIpc) is 3.19. The van der Waals surface area contributed by atoms with Gasteiger partial charge < -0.3 is 28.8 Å². The van der Waals surface area contributed by atoms with E-state index in [0.29, 0.717) is 17.8 Å². The number of ether oxygens (including phenoxy) is 2. The van der Waals surface area contributed by atoms with Crippen LogP contribution in [0.1, 0.15) is 12.5 Å². The van der Waals surface area contributed by atoms with Crippen molar-refractivity contribution < 1.29 is 32.3 Å². The first-order chi connectivity index (χ1) is 16.2. The number of anilines is 1. The van der Waals surface area contributed by atoms with Crippen LogP contribution in [0.5, 0.6) is 5.75 Å². The molecule has 3 rings (SSSR count). The van der Waals surface area contributed by atoms with Crippen LogP contribution in [0.15, 0.2) is 29.3 Å². The third-order valence-electron chi connectivity index (χ3n) is 4.59. The van der Waals surface area contributed by atoms with E-state index < -0.39 is 25.6 Å². The number of nitrogens with zero attached hydrogens (tertiary/aromatic N) is 3. The lowest BCUT2D eigenvalue weighted by molar-refractivity contribution is -0.119. The molecule has 0 bridgehead atoms. The molecule has 1 atom stereocenters. The van der Waals surface area contributed by atoms with Gasteiger partial charge in [-0.05, 0) is 24.6 Å². The van der Waals surface area contributed by atoms with E-state index in [-0.39, 0.29) is 49.0 Å². The Hall–Kier alpha value is -3.12. The molecule has 0 amide bonds. The summed E-state index contributed by atoms with van der Waals surface area (Å²) in [5.41, 5.74) is 6.01. The van der Waals surface area contributed by atoms with Crippen molar-refractivity contribution in [2.45, 2.75) is 20.1 Å². The van der Waals surface area contributed by atoms with Crippen molar-refractivity contribution in [3.8, 4) is 5.75 Å². The molecule has 34 heavy (non-hydrogen) atoms. The second-order valence-electron chi connectivity index (χ2n) is 7.23. The fraction of sp³-hybridized carbons (Fsp3) is 0.400. The molecule has 0 aliphatic rings. The summed E-state index contributed by atoms with van der Waals surface area (Å²) < 4.78 is 49.6. The molecule has 14 heteroatoms. The van der Waals surface area contributed by atoms with Gasteiger partial charge in [-0.3, -0.25) is 19.1 Å². The van der Waals surface area contributed by atoms with Gasteiger partial charge in [0, 0.05) is 6.54 Å². The third-order valence-corrected chi connectivity index (χ3v) is 6.36. The van der Waals surface area contributed by atoms with Gasteiger partial charge in [0.2, 0.25) is 5.95 Å². The lowest BCUT2D eigenvalue weighted by Gasteiger charge is -2.18. The number of hydrogen-bond donors (Lipinski definition) is 2. The van der Waals surface area contributed by atoms with Gasteiger partial charge in [-0.15, -0.1) is 0 Å². The van der Waals surface area contributed by atoms with E-state index in [1.54, 1.807) is 10.6 Å². The van der Waals surface area contributed by atoms with Crippen molar-refractivity contribution in [2.24, 2.45) is 0 Å². The number of ketones is 1. The van der Waals surface area contributed by atoms with Gasteiger partial charge in [-0.1, -0.05) is 6.07 Å². The number of imidazole rings is 1. The first-order valence-electron chi connectivity index (χ1n) is 10.2. The predicted octanol–water partition coefficient (Wildman–Crippen LogP) is 1.88. The molecular weight excluding hydrogens is 472 g/mol. The molecule has 3 aromatic rings. The maximum Gasteiger partial charge on any atom is 0.333 e. The predicted molar refractivity (Wildman–Crippen MR) is 120 cm³/mol. The number of carbonyl (C=O) groups is 1. The Morgan fingerprint density at radius 2 is 2.09 bits per heavy atom. The quantitative estimate of drug-likeness (QED) is 0.263. The second-order valence-corrected chi connectivity index (χ2v) is 9.41. The summed E-state index contributed by atoms with van der Waals surface area (Å²) >= 11 is 0. The molecule has 0 saturated carbocycles. The molecule has 0 spiro atoms. The zero-order valence-electron chi connectivity index (χ0n) is 18.7. The van der Waals surface area contributed by atoms with Crippen LogP contribution < -0.4 is 16.0 Å². The van der Waals surface area contributed by atoms with E-state index in [9.17, 15) is 18.5 Å². The van der Waals surface area contributed by atoms with Gasteiger partial charge in [0.15, 0.2) is 28.5 Å². The van der Waals surface area contributed by atoms with E-state index in [1.165, 1.54) is 32.5 Å². The molecule has 0 radical (unpaired) electrons. The van der Waals surface area contributed by atoms with Gasteiger partial charge in [0.25, 0.3) is 5.56 Å². The fourth-order valence-electron chi connectivity index (χ4n) is 2.90. The van der Waals surface area contributed by atoms with Crippen LogP contribution >= 0.6 is 7.60 Å². The Morgan fingerprint density at radius 3 is 2.79 bits per heavy atom. The van der Waals surface area contributed by atoms with Crippen LogP contribution in [0.4, 0.5) is 10.3 Å². The highest BCUT2D eigenvalue weighted by molar-refractivity contribution is 7.53. The number of halogens is 1. The number of hydrogen-bond acceptors (Lipinski definition) is 10. The van der Waals surface area contributed by atoms with E-state index in [2.05, 4.69) is 15.0 Å². The lowest BCUT2D eigenvalue weighted by Crippen LogP contribution is -2.14. The number of Topliss-reactive ketones (excluding diaryl/α,β-unsaturated/α-hetero) is 1.